The fourth-order valence-corrected chi connectivity index (χ4v) is 3.18. The molecule has 3 aromatic carbocycles. The molecule has 0 unspecified atom stereocenters. The fourth-order valence-electron chi connectivity index (χ4n) is 3.18. The third kappa shape index (κ3) is 3.86. The Balaban J connectivity index is 1.48. The summed E-state index contributed by atoms with van der Waals surface area (Å²) in [4.78, 5) is 25.1. The number of nitrogens with one attached hydrogen (secondary N) is 1. The van der Waals surface area contributed by atoms with Crippen molar-refractivity contribution < 1.29 is 14.3 Å². The first-order valence-electron chi connectivity index (χ1n) is 9.11. The number of rotatable bonds is 6. The molecule has 0 heterocycles. The minimum atomic E-state index is -0.638. The number of hydrogen-bond acceptors (Lipinski definition) is 3. The van der Waals surface area contributed by atoms with Crippen molar-refractivity contribution in [3.63, 3.8) is 0 Å². The zero-order valence-corrected chi connectivity index (χ0v) is 15.2. The molecule has 1 amide bonds. The highest BCUT2D eigenvalue weighted by molar-refractivity contribution is 6.56. The number of hydrogen-bond donors (Lipinski definition) is 1. The van der Waals surface area contributed by atoms with E-state index in [1.165, 1.54) is 0 Å². The number of anilines is 1. The van der Waals surface area contributed by atoms with Gasteiger partial charge in [-0.1, -0.05) is 60.7 Å². The van der Waals surface area contributed by atoms with Crippen LogP contribution in [0.5, 0.6) is 5.75 Å². The van der Waals surface area contributed by atoms with Gasteiger partial charge in [0.25, 0.3) is 11.7 Å². The Labute approximate surface area is 163 Å². The highest BCUT2D eigenvalue weighted by atomic mass is 16.5. The van der Waals surface area contributed by atoms with Gasteiger partial charge >= 0.3 is 0 Å². The molecule has 1 aliphatic rings. The van der Waals surface area contributed by atoms with Crippen LogP contribution in [-0.4, -0.2) is 11.7 Å². The Hall–Kier alpha value is -3.66. The Kier molecular flexibility index (Phi) is 5.02. The van der Waals surface area contributed by atoms with Crippen LogP contribution in [0, 0.1) is 0 Å². The van der Waals surface area contributed by atoms with Gasteiger partial charge < -0.3 is 10.1 Å². The van der Waals surface area contributed by atoms with E-state index < -0.39 is 11.7 Å². The van der Waals surface area contributed by atoms with Gasteiger partial charge in [0.05, 0.1) is 0 Å². The Bertz CT molecular complexity index is 1040. The SMILES string of the molecule is O=C(Nc1ccccc1)C(=O)C1=CCc2ccc(OCc3ccccc3)cc21. The van der Waals surface area contributed by atoms with E-state index in [9.17, 15) is 9.59 Å². The first-order chi connectivity index (χ1) is 13.7. The van der Waals surface area contributed by atoms with Crippen LogP contribution in [0.4, 0.5) is 5.69 Å². The van der Waals surface area contributed by atoms with Crippen LogP contribution in [-0.2, 0) is 22.6 Å². The Morgan fingerprint density at radius 3 is 2.36 bits per heavy atom. The summed E-state index contributed by atoms with van der Waals surface area (Å²) >= 11 is 0. The summed E-state index contributed by atoms with van der Waals surface area (Å²) in [6.45, 7) is 0.446. The van der Waals surface area contributed by atoms with Gasteiger partial charge in [0.15, 0.2) is 0 Å². The predicted molar refractivity (Wildman–Crippen MR) is 109 cm³/mol. The lowest BCUT2D eigenvalue weighted by molar-refractivity contribution is -0.131. The number of Topliss-reactive ketones (excluding diaryl/α,β-unsaturated/α-hetero) is 1. The molecule has 138 valence electrons. The molecule has 0 bridgehead atoms. The van der Waals surface area contributed by atoms with Crippen molar-refractivity contribution >= 4 is 23.0 Å². The molecule has 4 heteroatoms. The van der Waals surface area contributed by atoms with Crippen molar-refractivity contribution in [1.82, 2.24) is 0 Å². The molecule has 0 atom stereocenters. The molecule has 0 aliphatic heterocycles. The van der Waals surface area contributed by atoms with Crippen molar-refractivity contribution in [3.8, 4) is 5.75 Å². The van der Waals surface area contributed by atoms with Crippen LogP contribution in [0.3, 0.4) is 0 Å². The first kappa shape index (κ1) is 17.7. The zero-order chi connectivity index (χ0) is 19.3. The molecule has 0 fully saturated rings. The molecule has 4 nitrogen and oxygen atoms in total. The summed E-state index contributed by atoms with van der Waals surface area (Å²) in [5.41, 5.74) is 3.87. The number of para-hydroxylation sites is 1. The summed E-state index contributed by atoms with van der Waals surface area (Å²) < 4.78 is 5.86. The van der Waals surface area contributed by atoms with Crippen molar-refractivity contribution in [2.75, 3.05) is 5.32 Å². The number of carbonyl (C=O) groups excluding carboxylic acids is 2. The molecule has 0 spiro atoms. The summed E-state index contributed by atoms with van der Waals surface area (Å²) in [6, 6.07) is 24.5. The maximum Gasteiger partial charge on any atom is 0.296 e. The smallest absolute Gasteiger partial charge is 0.296 e. The standard InChI is InChI=1S/C24H19NO3/c26-23(24(27)25-19-9-5-2-6-10-19)21-14-12-18-11-13-20(15-22(18)21)28-16-17-7-3-1-4-8-17/h1-11,13-15H,12,16H2,(H,25,27). The van der Waals surface area contributed by atoms with Crippen molar-refractivity contribution in [2.45, 2.75) is 13.0 Å². The maximum absolute atomic E-state index is 12.7. The minimum absolute atomic E-state index is 0.425. The summed E-state index contributed by atoms with van der Waals surface area (Å²) in [5.74, 6) is -0.504. The second-order valence-corrected chi connectivity index (χ2v) is 6.56. The van der Waals surface area contributed by atoms with Crippen molar-refractivity contribution in [1.29, 1.82) is 0 Å². The average Bonchev–Trinajstić information content (AvgIpc) is 3.16. The van der Waals surface area contributed by atoms with Gasteiger partial charge in [0, 0.05) is 11.3 Å². The van der Waals surface area contributed by atoms with E-state index in [0.29, 0.717) is 30.0 Å². The summed E-state index contributed by atoms with van der Waals surface area (Å²) in [7, 11) is 0. The van der Waals surface area contributed by atoms with E-state index >= 15 is 0 Å². The number of benzene rings is 3. The van der Waals surface area contributed by atoms with Crippen LogP contribution < -0.4 is 10.1 Å². The van der Waals surface area contributed by atoms with Gasteiger partial charge in [-0.2, -0.15) is 0 Å². The number of fused-ring (bicyclic) bond motifs is 1. The fraction of sp³-hybridized carbons (Fsp3) is 0.0833. The van der Waals surface area contributed by atoms with E-state index in [1.807, 2.05) is 54.6 Å². The lowest BCUT2D eigenvalue weighted by atomic mass is 10.0. The van der Waals surface area contributed by atoms with Gasteiger partial charge in [-0.25, -0.2) is 0 Å². The van der Waals surface area contributed by atoms with Gasteiger partial charge in [-0.3, -0.25) is 9.59 Å². The van der Waals surface area contributed by atoms with Gasteiger partial charge in [-0.15, -0.1) is 0 Å². The first-order valence-corrected chi connectivity index (χ1v) is 9.11. The molecule has 3 aromatic rings. The zero-order valence-electron chi connectivity index (χ0n) is 15.2. The largest absolute Gasteiger partial charge is 0.489 e. The monoisotopic (exact) mass is 369 g/mol. The average molecular weight is 369 g/mol. The number of ketones is 1. The Morgan fingerprint density at radius 1 is 0.893 bits per heavy atom. The molecule has 0 saturated carbocycles. The highest BCUT2D eigenvalue weighted by Crippen LogP contribution is 2.32. The molecular weight excluding hydrogens is 350 g/mol. The van der Waals surface area contributed by atoms with Crippen LogP contribution >= 0.6 is 0 Å². The predicted octanol–water partition coefficient (Wildman–Crippen LogP) is 4.41. The highest BCUT2D eigenvalue weighted by Gasteiger charge is 2.26. The molecule has 0 saturated heterocycles. The van der Waals surface area contributed by atoms with E-state index in [0.717, 1.165) is 16.7 Å². The topological polar surface area (TPSA) is 55.4 Å². The van der Waals surface area contributed by atoms with Crippen molar-refractivity contribution in [2.24, 2.45) is 0 Å². The molecule has 0 aromatic heterocycles. The third-order valence-corrected chi connectivity index (χ3v) is 4.63. The van der Waals surface area contributed by atoms with E-state index in [1.54, 1.807) is 30.3 Å². The van der Waals surface area contributed by atoms with Crippen LogP contribution in [0.15, 0.2) is 84.9 Å². The molecular formula is C24H19NO3. The number of carbonyl (C=O) groups is 2. The second kappa shape index (κ2) is 7.92. The molecule has 0 radical (unpaired) electrons. The van der Waals surface area contributed by atoms with Gasteiger partial charge in [0.2, 0.25) is 0 Å². The number of ether oxygens (including phenoxy) is 1. The van der Waals surface area contributed by atoms with Crippen molar-refractivity contribution in [3.05, 3.63) is 102 Å². The molecule has 28 heavy (non-hydrogen) atoms. The van der Waals surface area contributed by atoms with Crippen LogP contribution in [0.25, 0.3) is 5.57 Å². The third-order valence-electron chi connectivity index (χ3n) is 4.63. The molecule has 4 rings (SSSR count). The molecule has 1 N–H and O–H groups in total. The Morgan fingerprint density at radius 2 is 1.61 bits per heavy atom. The van der Waals surface area contributed by atoms with Crippen LogP contribution in [0.2, 0.25) is 0 Å². The quantitative estimate of drug-likeness (QED) is 0.655. The lowest BCUT2D eigenvalue weighted by Crippen LogP contribution is -2.23. The van der Waals surface area contributed by atoms with E-state index in [4.69, 9.17) is 4.74 Å². The van der Waals surface area contributed by atoms with Crippen LogP contribution in [0.1, 0.15) is 16.7 Å². The number of allylic oxidation sites excluding steroid dienone is 1. The summed E-state index contributed by atoms with van der Waals surface area (Å²) in [6.07, 6.45) is 2.44. The lowest BCUT2D eigenvalue weighted by Gasteiger charge is -2.10. The maximum atomic E-state index is 12.7. The molecule has 1 aliphatic carbocycles. The van der Waals surface area contributed by atoms with Gasteiger partial charge in [0.1, 0.15) is 12.4 Å². The summed E-state index contributed by atoms with van der Waals surface area (Å²) in [5, 5.41) is 2.65. The normalized spacial score (nSPS) is 12.1. The van der Waals surface area contributed by atoms with Gasteiger partial charge in [-0.05, 0) is 47.4 Å². The minimum Gasteiger partial charge on any atom is -0.489 e. The number of amides is 1. The second-order valence-electron chi connectivity index (χ2n) is 6.56. The van der Waals surface area contributed by atoms with E-state index in [2.05, 4.69) is 5.32 Å². The van der Waals surface area contributed by atoms with E-state index in [-0.39, 0.29) is 0 Å².